The van der Waals surface area contributed by atoms with Gasteiger partial charge in [0.2, 0.25) is 5.91 Å². The van der Waals surface area contributed by atoms with Gasteiger partial charge in [-0.1, -0.05) is 41.1 Å². The zero-order valence-corrected chi connectivity index (χ0v) is 21.4. The van der Waals surface area contributed by atoms with Crippen LogP contribution in [0.1, 0.15) is 57.2 Å². The second-order valence-corrected chi connectivity index (χ2v) is 10.1. The predicted octanol–water partition coefficient (Wildman–Crippen LogP) is 3.93. The summed E-state index contributed by atoms with van der Waals surface area (Å²) in [5.74, 6) is 0.173. The van der Waals surface area contributed by atoms with Crippen molar-refractivity contribution >= 4 is 23.5 Å². The lowest BCUT2D eigenvalue weighted by Gasteiger charge is -2.41. The molecule has 1 amide bonds. The number of halogens is 1. The van der Waals surface area contributed by atoms with Gasteiger partial charge in [0.05, 0.1) is 35.3 Å². The van der Waals surface area contributed by atoms with Gasteiger partial charge in [0.15, 0.2) is 5.96 Å². The third kappa shape index (κ3) is 4.49. The van der Waals surface area contributed by atoms with Crippen LogP contribution in [-0.2, 0) is 15.1 Å². The van der Waals surface area contributed by atoms with Gasteiger partial charge in [-0.15, -0.1) is 5.10 Å². The number of carbonyl (C=O) groups is 1. The van der Waals surface area contributed by atoms with Crippen LogP contribution >= 0.6 is 11.6 Å². The van der Waals surface area contributed by atoms with E-state index in [4.69, 9.17) is 27.1 Å². The number of nitrogens with zero attached hydrogens (tertiary/aromatic N) is 6. The highest BCUT2D eigenvalue weighted by Gasteiger charge is 2.42. The minimum absolute atomic E-state index is 0.00630. The van der Waals surface area contributed by atoms with E-state index < -0.39 is 5.54 Å². The van der Waals surface area contributed by atoms with Crippen LogP contribution in [-0.4, -0.2) is 55.5 Å². The Morgan fingerprint density at radius 3 is 2.83 bits per heavy atom. The van der Waals surface area contributed by atoms with Gasteiger partial charge in [-0.25, -0.2) is 9.67 Å². The molecule has 0 spiro atoms. The summed E-state index contributed by atoms with van der Waals surface area (Å²) in [6.07, 6.45) is 7.15. The van der Waals surface area contributed by atoms with Gasteiger partial charge in [0, 0.05) is 30.6 Å². The van der Waals surface area contributed by atoms with Crippen LogP contribution in [0, 0.1) is 0 Å². The van der Waals surface area contributed by atoms with Crippen molar-refractivity contribution in [3.63, 3.8) is 0 Å². The fourth-order valence-corrected chi connectivity index (χ4v) is 5.55. The summed E-state index contributed by atoms with van der Waals surface area (Å²) >= 11 is 6.93. The third-order valence-corrected chi connectivity index (χ3v) is 7.53. The monoisotopic (exact) mass is 507 g/mol. The van der Waals surface area contributed by atoms with Crippen molar-refractivity contribution in [3.05, 3.63) is 65.1 Å². The predicted molar refractivity (Wildman–Crippen MR) is 137 cm³/mol. The number of amides is 1. The number of nitrogens with two attached hydrogens (primary N) is 1. The first-order valence-electron chi connectivity index (χ1n) is 12.2. The van der Waals surface area contributed by atoms with Gasteiger partial charge in [-0.3, -0.25) is 14.7 Å². The molecule has 3 aromatic rings. The molecule has 36 heavy (non-hydrogen) atoms. The highest BCUT2D eigenvalue weighted by molar-refractivity contribution is 6.34. The lowest BCUT2D eigenvalue weighted by molar-refractivity contribution is -0.133. The second-order valence-electron chi connectivity index (χ2n) is 9.76. The van der Waals surface area contributed by atoms with Crippen molar-refractivity contribution < 1.29 is 9.53 Å². The Morgan fingerprint density at radius 2 is 2.11 bits per heavy atom. The van der Waals surface area contributed by atoms with Crippen LogP contribution < -0.4 is 5.73 Å². The van der Waals surface area contributed by atoms with Crippen molar-refractivity contribution in [1.82, 2.24) is 24.9 Å². The highest BCUT2D eigenvalue weighted by atomic mass is 35.5. The summed E-state index contributed by atoms with van der Waals surface area (Å²) in [5, 5.41) is 9.18. The van der Waals surface area contributed by atoms with Gasteiger partial charge in [0.1, 0.15) is 5.69 Å². The summed E-state index contributed by atoms with van der Waals surface area (Å²) in [6.45, 7) is 6.55. The molecule has 0 radical (unpaired) electrons. The van der Waals surface area contributed by atoms with Crippen LogP contribution in [0.3, 0.4) is 0 Å². The first-order chi connectivity index (χ1) is 17.3. The molecule has 0 bridgehead atoms. The molecule has 2 aliphatic heterocycles. The Hall–Kier alpha value is -3.30. The number of hydrogen-bond acceptors (Lipinski definition) is 7. The van der Waals surface area contributed by atoms with Crippen molar-refractivity contribution in [2.45, 2.75) is 63.8 Å². The summed E-state index contributed by atoms with van der Waals surface area (Å²) in [6, 6.07) is 9.53. The standard InChI is InChI=1S/C26H30ClN7O2/c1-16-12-19(9-11-36-16)34-23(35)13-26(3,30-25(34)28)21-8-4-7-20(24(21)27)22-15-33(32-31-22)17(2)18-6-5-10-29-14-18/h4-8,10,14-17,19H,9,11-13H2,1-3H3,(H2,28,30)/t16-,17+,19-,26-/m0/s1. The first kappa shape index (κ1) is 24.4. The normalized spacial score (nSPS) is 25.5. The van der Waals surface area contributed by atoms with Crippen LogP contribution in [0.2, 0.25) is 5.02 Å². The molecule has 9 nitrogen and oxygen atoms in total. The van der Waals surface area contributed by atoms with E-state index in [0.29, 0.717) is 17.3 Å². The Balaban J connectivity index is 1.45. The summed E-state index contributed by atoms with van der Waals surface area (Å²) in [5.41, 5.74) is 8.62. The van der Waals surface area contributed by atoms with Gasteiger partial charge in [0.25, 0.3) is 0 Å². The number of pyridine rings is 1. The Kier molecular flexibility index (Phi) is 6.53. The molecule has 2 N–H and O–H groups in total. The molecule has 4 heterocycles. The van der Waals surface area contributed by atoms with E-state index in [0.717, 1.165) is 29.5 Å². The molecule has 5 rings (SSSR count). The minimum atomic E-state index is -0.888. The van der Waals surface area contributed by atoms with Crippen molar-refractivity contribution in [1.29, 1.82) is 0 Å². The highest BCUT2D eigenvalue weighted by Crippen LogP contribution is 2.41. The first-order valence-corrected chi connectivity index (χ1v) is 12.5. The average molecular weight is 508 g/mol. The average Bonchev–Trinajstić information content (AvgIpc) is 3.34. The Morgan fingerprint density at radius 1 is 1.28 bits per heavy atom. The molecule has 1 saturated heterocycles. The number of rotatable bonds is 5. The molecule has 10 heteroatoms. The van der Waals surface area contributed by atoms with Crippen molar-refractivity contribution in [3.8, 4) is 11.3 Å². The maximum Gasteiger partial charge on any atom is 0.232 e. The van der Waals surface area contributed by atoms with Crippen molar-refractivity contribution in [2.24, 2.45) is 10.7 Å². The van der Waals surface area contributed by atoms with E-state index in [9.17, 15) is 4.79 Å². The Bertz CT molecular complexity index is 1290. The summed E-state index contributed by atoms with van der Waals surface area (Å²) in [4.78, 5) is 24.0. The molecule has 0 unspecified atom stereocenters. The summed E-state index contributed by atoms with van der Waals surface area (Å²) in [7, 11) is 0. The van der Waals surface area contributed by atoms with Gasteiger partial charge in [-0.2, -0.15) is 0 Å². The SMILES string of the molecule is C[C@H](c1cccnc1)n1cc(-c2cccc([C@]3(C)CC(=O)N([C@H]4CCO[C@@H](C)C4)C(N)=N3)c2Cl)nn1. The zero-order valence-electron chi connectivity index (χ0n) is 20.6. The maximum absolute atomic E-state index is 13.3. The van der Waals surface area contributed by atoms with Gasteiger partial charge >= 0.3 is 0 Å². The van der Waals surface area contributed by atoms with E-state index in [1.807, 2.05) is 63.5 Å². The van der Waals surface area contributed by atoms with E-state index in [1.54, 1.807) is 15.8 Å². The largest absolute Gasteiger partial charge is 0.378 e. The molecule has 1 aromatic carbocycles. The topological polar surface area (TPSA) is 112 Å². The van der Waals surface area contributed by atoms with Crippen LogP contribution in [0.15, 0.2) is 53.9 Å². The van der Waals surface area contributed by atoms with Gasteiger partial charge in [-0.05, 0) is 50.8 Å². The molecule has 1 fully saturated rings. The molecule has 2 aliphatic rings. The quantitative estimate of drug-likeness (QED) is 0.560. The number of carbonyl (C=O) groups excluding carboxylic acids is 1. The van der Waals surface area contributed by atoms with Crippen LogP contribution in [0.5, 0.6) is 0 Å². The second kappa shape index (κ2) is 9.63. The van der Waals surface area contributed by atoms with Crippen LogP contribution in [0.4, 0.5) is 0 Å². The molecular weight excluding hydrogens is 478 g/mol. The lowest BCUT2D eigenvalue weighted by Crippen LogP contribution is -2.56. The Labute approximate surface area is 215 Å². The fourth-order valence-electron chi connectivity index (χ4n) is 5.12. The number of benzene rings is 1. The molecule has 0 saturated carbocycles. The molecule has 2 aromatic heterocycles. The van der Waals surface area contributed by atoms with Gasteiger partial charge < -0.3 is 10.5 Å². The van der Waals surface area contributed by atoms with E-state index in [-0.39, 0.29) is 36.5 Å². The minimum Gasteiger partial charge on any atom is -0.378 e. The molecule has 4 atom stereocenters. The molecule has 0 aliphatic carbocycles. The maximum atomic E-state index is 13.3. The number of aromatic nitrogens is 4. The fraction of sp³-hybridized carbons (Fsp3) is 0.423. The summed E-state index contributed by atoms with van der Waals surface area (Å²) < 4.78 is 7.42. The number of aliphatic imine (C=N–C) groups is 1. The van der Waals surface area contributed by atoms with Crippen molar-refractivity contribution in [2.75, 3.05) is 6.61 Å². The molecular formula is C26H30ClN7O2. The zero-order chi connectivity index (χ0) is 25.4. The lowest BCUT2D eigenvalue weighted by atomic mass is 9.85. The number of ether oxygens (including phenoxy) is 1. The number of guanidine groups is 1. The smallest absolute Gasteiger partial charge is 0.232 e. The van der Waals surface area contributed by atoms with E-state index >= 15 is 0 Å². The van der Waals surface area contributed by atoms with Crippen LogP contribution in [0.25, 0.3) is 11.3 Å². The van der Waals surface area contributed by atoms with E-state index in [1.165, 1.54) is 0 Å². The number of hydrogen-bond donors (Lipinski definition) is 1. The van der Waals surface area contributed by atoms with E-state index in [2.05, 4.69) is 15.3 Å². The third-order valence-electron chi connectivity index (χ3n) is 7.12. The molecule has 188 valence electrons.